The Morgan fingerprint density at radius 3 is 3.28 bits per heavy atom. The van der Waals surface area contributed by atoms with Crippen LogP contribution in [0, 0.1) is 0 Å². The zero-order chi connectivity index (χ0) is 12.4. The molecule has 0 aromatic carbocycles. The van der Waals surface area contributed by atoms with Gasteiger partial charge in [-0.15, -0.1) is 11.3 Å². The van der Waals surface area contributed by atoms with E-state index < -0.39 is 0 Å². The largest absolute Gasteiger partial charge is 0.308 e. The van der Waals surface area contributed by atoms with Gasteiger partial charge < -0.3 is 5.43 Å². The van der Waals surface area contributed by atoms with Crippen molar-refractivity contribution in [3.05, 3.63) is 45.8 Å². The molecular formula is C13H16N4S. The molecule has 3 rings (SSSR count). The van der Waals surface area contributed by atoms with E-state index >= 15 is 0 Å². The van der Waals surface area contributed by atoms with Crippen LogP contribution in [-0.4, -0.2) is 16.4 Å². The van der Waals surface area contributed by atoms with Crippen LogP contribution in [0.5, 0.6) is 0 Å². The van der Waals surface area contributed by atoms with Gasteiger partial charge >= 0.3 is 0 Å². The fourth-order valence-corrected chi connectivity index (χ4v) is 3.27. The summed E-state index contributed by atoms with van der Waals surface area (Å²) in [6, 6.07) is 6.26. The molecule has 18 heavy (non-hydrogen) atoms. The summed E-state index contributed by atoms with van der Waals surface area (Å²) in [5, 5.41) is 2.19. The number of aromatic nitrogens is 1. The van der Waals surface area contributed by atoms with Crippen molar-refractivity contribution in [1.82, 2.24) is 9.88 Å². The van der Waals surface area contributed by atoms with E-state index in [0.29, 0.717) is 0 Å². The predicted molar refractivity (Wildman–Crippen MR) is 74.2 cm³/mol. The molecule has 0 saturated heterocycles. The predicted octanol–water partition coefficient (Wildman–Crippen LogP) is 1.99. The molecule has 0 unspecified atom stereocenters. The highest BCUT2D eigenvalue weighted by molar-refractivity contribution is 7.10. The summed E-state index contributed by atoms with van der Waals surface area (Å²) >= 11 is 1.87. The van der Waals surface area contributed by atoms with Crippen molar-refractivity contribution >= 4 is 17.2 Å². The van der Waals surface area contributed by atoms with Gasteiger partial charge in [-0.3, -0.25) is 4.90 Å². The van der Waals surface area contributed by atoms with Crippen molar-refractivity contribution in [1.29, 1.82) is 0 Å². The molecular weight excluding hydrogens is 244 g/mol. The van der Waals surface area contributed by atoms with Gasteiger partial charge in [-0.2, -0.15) is 0 Å². The van der Waals surface area contributed by atoms with Gasteiger partial charge in [0.2, 0.25) is 0 Å². The number of hydrogen-bond donors (Lipinski definition) is 2. The minimum Gasteiger partial charge on any atom is -0.308 e. The number of thiophene rings is 1. The second-order valence-corrected chi connectivity index (χ2v) is 5.49. The van der Waals surface area contributed by atoms with Crippen LogP contribution in [0.2, 0.25) is 0 Å². The summed E-state index contributed by atoms with van der Waals surface area (Å²) in [5.41, 5.74) is 5.28. The molecule has 0 radical (unpaired) electrons. The van der Waals surface area contributed by atoms with E-state index in [1.165, 1.54) is 10.4 Å². The lowest BCUT2D eigenvalue weighted by atomic mass is 10.1. The molecule has 5 heteroatoms. The number of rotatable bonds is 3. The van der Waals surface area contributed by atoms with E-state index in [9.17, 15) is 0 Å². The first kappa shape index (κ1) is 11.6. The molecule has 1 aliphatic heterocycles. The van der Waals surface area contributed by atoms with Crippen molar-refractivity contribution < 1.29 is 0 Å². The third-order valence-corrected chi connectivity index (χ3v) is 4.33. The van der Waals surface area contributed by atoms with Gasteiger partial charge in [0, 0.05) is 36.3 Å². The topological polar surface area (TPSA) is 54.2 Å². The van der Waals surface area contributed by atoms with Crippen molar-refractivity contribution in [2.75, 3.05) is 12.0 Å². The Morgan fingerprint density at radius 1 is 1.44 bits per heavy atom. The maximum absolute atomic E-state index is 5.49. The van der Waals surface area contributed by atoms with Crippen LogP contribution >= 0.6 is 11.3 Å². The van der Waals surface area contributed by atoms with Gasteiger partial charge in [-0.25, -0.2) is 10.8 Å². The van der Waals surface area contributed by atoms with Crippen LogP contribution in [0.3, 0.4) is 0 Å². The number of fused-ring (bicyclic) bond motifs is 1. The van der Waals surface area contributed by atoms with Crippen LogP contribution in [0.25, 0.3) is 0 Å². The molecule has 0 aliphatic carbocycles. The second kappa shape index (κ2) is 5.06. The minimum atomic E-state index is 0.772. The third-order valence-electron chi connectivity index (χ3n) is 3.31. The Hall–Kier alpha value is -1.43. The average molecular weight is 260 g/mol. The molecule has 0 saturated carbocycles. The number of anilines is 1. The average Bonchev–Trinajstić information content (AvgIpc) is 2.87. The highest BCUT2D eigenvalue weighted by Crippen LogP contribution is 2.25. The molecule has 0 atom stereocenters. The van der Waals surface area contributed by atoms with E-state index in [2.05, 4.69) is 32.8 Å². The van der Waals surface area contributed by atoms with Crippen LogP contribution in [0.4, 0.5) is 5.82 Å². The Morgan fingerprint density at radius 2 is 2.39 bits per heavy atom. The van der Waals surface area contributed by atoms with E-state index in [4.69, 9.17) is 5.84 Å². The summed E-state index contributed by atoms with van der Waals surface area (Å²) in [6.45, 7) is 3.02. The molecule has 3 heterocycles. The van der Waals surface area contributed by atoms with Gasteiger partial charge in [-0.05, 0) is 29.5 Å². The van der Waals surface area contributed by atoms with E-state index in [0.717, 1.165) is 37.4 Å². The first-order valence-corrected chi connectivity index (χ1v) is 6.93. The lowest BCUT2D eigenvalue weighted by Gasteiger charge is -2.27. The number of nitrogen functional groups attached to an aromatic ring is 1. The molecule has 4 nitrogen and oxygen atoms in total. The van der Waals surface area contributed by atoms with E-state index in [1.807, 2.05) is 17.4 Å². The van der Waals surface area contributed by atoms with E-state index in [1.54, 1.807) is 6.20 Å². The van der Waals surface area contributed by atoms with Gasteiger partial charge in [0.25, 0.3) is 0 Å². The fourth-order valence-electron chi connectivity index (χ4n) is 2.38. The molecule has 0 spiro atoms. The normalized spacial score (nSPS) is 15.4. The van der Waals surface area contributed by atoms with Crippen molar-refractivity contribution in [2.24, 2.45) is 5.84 Å². The number of hydrazine groups is 1. The maximum Gasteiger partial charge on any atom is 0.144 e. The quantitative estimate of drug-likeness (QED) is 0.654. The lowest BCUT2D eigenvalue weighted by Crippen LogP contribution is -2.29. The Bertz CT molecular complexity index is 537. The van der Waals surface area contributed by atoms with Gasteiger partial charge in [-0.1, -0.05) is 6.07 Å². The second-order valence-electron chi connectivity index (χ2n) is 4.49. The summed E-state index contributed by atoms with van der Waals surface area (Å²) in [7, 11) is 0. The molecule has 0 bridgehead atoms. The lowest BCUT2D eigenvalue weighted by molar-refractivity contribution is 0.247. The molecule has 2 aromatic heterocycles. The zero-order valence-corrected chi connectivity index (χ0v) is 10.9. The number of nitrogens with zero attached hydrogens (tertiary/aromatic N) is 2. The van der Waals surface area contributed by atoms with Crippen LogP contribution in [0.1, 0.15) is 16.0 Å². The summed E-state index contributed by atoms with van der Waals surface area (Å²) in [4.78, 5) is 8.21. The molecule has 0 amide bonds. The number of hydrogen-bond acceptors (Lipinski definition) is 5. The van der Waals surface area contributed by atoms with E-state index in [-0.39, 0.29) is 0 Å². The van der Waals surface area contributed by atoms with Crippen molar-refractivity contribution in [3.63, 3.8) is 0 Å². The van der Waals surface area contributed by atoms with Gasteiger partial charge in [0.1, 0.15) is 5.82 Å². The molecule has 1 aliphatic rings. The maximum atomic E-state index is 5.49. The van der Waals surface area contributed by atoms with Crippen LogP contribution < -0.4 is 11.3 Å². The highest BCUT2D eigenvalue weighted by Gasteiger charge is 2.18. The number of nitrogens with two attached hydrogens (primary N) is 1. The van der Waals surface area contributed by atoms with Crippen molar-refractivity contribution in [2.45, 2.75) is 19.5 Å². The molecule has 94 valence electrons. The Balaban J connectivity index is 1.74. The summed E-state index contributed by atoms with van der Waals surface area (Å²) in [6.07, 6.45) is 2.91. The molecule has 2 aromatic rings. The molecule has 3 N–H and O–H groups in total. The number of nitrogens with one attached hydrogen (secondary N) is 1. The van der Waals surface area contributed by atoms with Crippen LogP contribution in [0.15, 0.2) is 29.8 Å². The zero-order valence-electron chi connectivity index (χ0n) is 10.1. The molecule has 0 fully saturated rings. The standard InChI is InChI=1S/C13H16N4S/c14-16-13-11(2-1-5-15-13)9-17-6-3-12-10(8-17)4-7-18-12/h1-2,4-5,7H,3,6,8-9,14H2,(H,15,16). The summed E-state index contributed by atoms with van der Waals surface area (Å²) < 4.78 is 0. The third kappa shape index (κ3) is 2.25. The first-order valence-electron chi connectivity index (χ1n) is 6.05. The van der Waals surface area contributed by atoms with Crippen LogP contribution in [-0.2, 0) is 19.5 Å². The van der Waals surface area contributed by atoms with Gasteiger partial charge in [0.15, 0.2) is 0 Å². The summed E-state index contributed by atoms with van der Waals surface area (Å²) in [5.74, 6) is 6.26. The monoisotopic (exact) mass is 260 g/mol. The van der Waals surface area contributed by atoms with Crippen molar-refractivity contribution in [3.8, 4) is 0 Å². The fraction of sp³-hybridized carbons (Fsp3) is 0.308. The Kier molecular flexibility index (Phi) is 3.27. The highest BCUT2D eigenvalue weighted by atomic mass is 32.1. The van der Waals surface area contributed by atoms with Gasteiger partial charge in [0.05, 0.1) is 0 Å². The smallest absolute Gasteiger partial charge is 0.144 e. The Labute approximate surface area is 110 Å². The number of pyridine rings is 1. The minimum absolute atomic E-state index is 0.772. The SMILES string of the molecule is NNc1ncccc1CN1CCc2sccc2C1. The first-order chi connectivity index (χ1) is 8.86.